The van der Waals surface area contributed by atoms with Gasteiger partial charge in [0.2, 0.25) is 0 Å². The Bertz CT molecular complexity index is 832. The summed E-state index contributed by atoms with van der Waals surface area (Å²) in [5.41, 5.74) is 1.09. The third-order valence-corrected chi connectivity index (χ3v) is 12.6. The molecule has 5 fully saturated rings. The van der Waals surface area contributed by atoms with E-state index >= 15 is 0 Å². The smallest absolute Gasteiger partial charge is 0.138 e. The Morgan fingerprint density at radius 3 is 2.31 bits per heavy atom. The summed E-state index contributed by atoms with van der Waals surface area (Å²) < 4.78 is 0. The van der Waals surface area contributed by atoms with E-state index in [9.17, 15) is 9.90 Å². The molecule has 2 heteroatoms. The molecule has 1 N–H and O–H groups in total. The third-order valence-electron chi connectivity index (χ3n) is 12.6. The lowest BCUT2D eigenvalue weighted by Gasteiger charge is -2.62. The van der Waals surface area contributed by atoms with Gasteiger partial charge in [-0.3, -0.25) is 4.79 Å². The number of allylic oxidation sites excluding steroid dienone is 1. The average Bonchev–Trinajstić information content (AvgIpc) is 3.27. The van der Waals surface area contributed by atoms with Gasteiger partial charge >= 0.3 is 0 Å². The molecule has 2 spiro atoms. The predicted molar refractivity (Wildman–Crippen MR) is 131 cm³/mol. The van der Waals surface area contributed by atoms with Crippen molar-refractivity contribution in [3.8, 4) is 0 Å². The van der Waals surface area contributed by atoms with Gasteiger partial charge in [-0.1, -0.05) is 46.8 Å². The van der Waals surface area contributed by atoms with Gasteiger partial charge in [-0.2, -0.15) is 0 Å². The van der Waals surface area contributed by atoms with Gasteiger partial charge in [0.1, 0.15) is 5.78 Å². The molecule has 2 unspecified atom stereocenters. The van der Waals surface area contributed by atoms with Crippen LogP contribution >= 0.6 is 0 Å². The Hall–Kier alpha value is -0.630. The topological polar surface area (TPSA) is 37.3 Å². The predicted octanol–water partition coefficient (Wildman–Crippen LogP) is 7.35. The van der Waals surface area contributed by atoms with Crippen LogP contribution in [0.4, 0.5) is 0 Å². The highest BCUT2D eigenvalue weighted by molar-refractivity contribution is 5.86. The molecule has 0 heterocycles. The van der Waals surface area contributed by atoms with Crippen LogP contribution in [0.25, 0.3) is 0 Å². The molecule has 8 atom stereocenters. The van der Waals surface area contributed by atoms with Gasteiger partial charge in [-0.25, -0.2) is 0 Å². The normalized spacial score (nSPS) is 50.4. The van der Waals surface area contributed by atoms with Crippen LogP contribution in [0.5, 0.6) is 0 Å². The number of aliphatic hydroxyl groups is 1. The summed E-state index contributed by atoms with van der Waals surface area (Å²) in [5, 5.41) is 10.1. The van der Waals surface area contributed by atoms with Crippen LogP contribution in [-0.2, 0) is 4.79 Å². The van der Waals surface area contributed by atoms with Crippen LogP contribution in [0.1, 0.15) is 113 Å². The van der Waals surface area contributed by atoms with Crippen molar-refractivity contribution < 1.29 is 9.90 Å². The molecule has 5 aliphatic carbocycles. The van der Waals surface area contributed by atoms with Crippen molar-refractivity contribution in [3.63, 3.8) is 0 Å². The zero-order valence-electron chi connectivity index (χ0n) is 21.9. The first kappa shape index (κ1) is 23.1. The maximum atomic E-state index is 12.8. The van der Waals surface area contributed by atoms with Gasteiger partial charge in [-0.05, 0) is 117 Å². The first-order valence-electron chi connectivity index (χ1n) is 13.7. The number of Topliss-reactive ketones (excluding diaryl/α,β-unsaturated/α-hetero) is 1. The highest BCUT2D eigenvalue weighted by Gasteiger charge is 2.82. The Balaban J connectivity index is 1.40. The van der Waals surface area contributed by atoms with Crippen LogP contribution < -0.4 is 0 Å². The van der Waals surface area contributed by atoms with Crippen molar-refractivity contribution in [2.75, 3.05) is 0 Å². The average molecular weight is 441 g/mol. The van der Waals surface area contributed by atoms with Crippen LogP contribution in [0, 0.1) is 50.7 Å². The van der Waals surface area contributed by atoms with Gasteiger partial charge in [-0.15, -0.1) is 0 Å². The van der Waals surface area contributed by atoms with E-state index in [0.717, 1.165) is 24.7 Å². The largest absolute Gasteiger partial charge is 0.386 e. The molecule has 2 nitrogen and oxygen atoms in total. The summed E-state index contributed by atoms with van der Waals surface area (Å²) in [7, 11) is 0. The third kappa shape index (κ3) is 2.77. The van der Waals surface area contributed by atoms with Crippen LogP contribution in [-0.4, -0.2) is 16.5 Å². The minimum absolute atomic E-state index is 0.103. The number of fused-ring (bicyclic) bond motifs is 2. The van der Waals surface area contributed by atoms with Crippen LogP contribution in [0.2, 0.25) is 0 Å². The maximum absolute atomic E-state index is 12.8. The number of ketones is 1. The summed E-state index contributed by atoms with van der Waals surface area (Å²) in [6, 6.07) is 0. The fourth-order valence-electron chi connectivity index (χ4n) is 10.9. The summed E-state index contributed by atoms with van der Waals surface area (Å²) in [6.45, 7) is 16.1. The van der Waals surface area contributed by atoms with Gasteiger partial charge in [0, 0.05) is 11.8 Å². The monoisotopic (exact) mass is 440 g/mol. The minimum atomic E-state index is -0.709. The van der Waals surface area contributed by atoms with Crippen molar-refractivity contribution in [3.05, 3.63) is 12.2 Å². The Morgan fingerprint density at radius 1 is 0.969 bits per heavy atom. The lowest BCUT2D eigenvalue weighted by Crippen LogP contribution is -2.57. The van der Waals surface area contributed by atoms with E-state index in [2.05, 4.69) is 40.7 Å². The Labute approximate surface area is 197 Å². The van der Waals surface area contributed by atoms with Gasteiger partial charge in [0.25, 0.3) is 0 Å². The zero-order chi connectivity index (χ0) is 23.4. The second kappa shape index (κ2) is 6.73. The highest BCUT2D eigenvalue weighted by Crippen LogP contribution is 2.88. The van der Waals surface area contributed by atoms with Crippen molar-refractivity contribution in [2.24, 2.45) is 50.7 Å². The SMILES string of the molecule is C[C@H](CC=CC(C)(C)O)C1CC[C@@]2(C)[C@@H]3CC[C@H]4C(C)(C)C(=O)CC[C@@]45CC35CC[C@]12C. The lowest BCUT2D eigenvalue weighted by molar-refractivity contribution is -0.156. The molecule has 0 radical (unpaired) electrons. The minimum Gasteiger partial charge on any atom is -0.386 e. The summed E-state index contributed by atoms with van der Waals surface area (Å²) >= 11 is 0. The van der Waals surface area contributed by atoms with E-state index in [1.165, 1.54) is 51.4 Å². The zero-order valence-corrected chi connectivity index (χ0v) is 21.9. The van der Waals surface area contributed by atoms with E-state index in [4.69, 9.17) is 0 Å². The van der Waals surface area contributed by atoms with E-state index in [-0.39, 0.29) is 5.41 Å². The second-order valence-corrected chi connectivity index (χ2v) is 14.6. The molecule has 0 aromatic heterocycles. The molecule has 32 heavy (non-hydrogen) atoms. The van der Waals surface area contributed by atoms with E-state index in [0.29, 0.717) is 39.3 Å². The van der Waals surface area contributed by atoms with Gasteiger partial charge in [0.15, 0.2) is 0 Å². The Morgan fingerprint density at radius 2 is 1.62 bits per heavy atom. The summed E-state index contributed by atoms with van der Waals surface area (Å²) in [6.07, 6.45) is 16.9. The second-order valence-electron chi connectivity index (χ2n) is 14.6. The van der Waals surface area contributed by atoms with E-state index < -0.39 is 5.60 Å². The molecule has 0 amide bonds. The quantitative estimate of drug-likeness (QED) is 0.464. The van der Waals surface area contributed by atoms with Gasteiger partial charge < -0.3 is 5.11 Å². The molecule has 0 aromatic rings. The standard InChI is InChI=1S/C30H48O2/c1-20(9-8-14-25(2,3)32)21-12-15-28(7)23-11-10-22-26(4,5)24(31)13-16-29(22)19-30(23,29)18-17-27(21,28)6/h8,14,20-23,32H,9-13,15-19H2,1-7H3/t20-,21?,22+,23+,27-,28+,29-,30?/m1/s1. The Kier molecular flexibility index (Phi) is 4.87. The molecule has 5 rings (SSSR count). The number of hydrogen-bond donors (Lipinski definition) is 1. The molecule has 0 aliphatic heterocycles. The summed E-state index contributed by atoms with van der Waals surface area (Å²) in [5.74, 6) is 3.48. The first-order chi connectivity index (χ1) is 14.7. The van der Waals surface area contributed by atoms with Crippen LogP contribution in [0.15, 0.2) is 12.2 Å². The van der Waals surface area contributed by atoms with Crippen molar-refractivity contribution in [1.82, 2.24) is 0 Å². The molecule has 0 saturated heterocycles. The van der Waals surface area contributed by atoms with E-state index in [1.54, 1.807) is 0 Å². The fourth-order valence-corrected chi connectivity index (χ4v) is 10.9. The van der Waals surface area contributed by atoms with Crippen molar-refractivity contribution in [1.29, 1.82) is 0 Å². The van der Waals surface area contributed by atoms with E-state index in [1.807, 2.05) is 19.9 Å². The molecule has 5 saturated carbocycles. The maximum Gasteiger partial charge on any atom is 0.138 e. The highest BCUT2D eigenvalue weighted by atomic mass is 16.3. The number of carbonyl (C=O) groups excluding carboxylic acids is 1. The molecule has 180 valence electrons. The van der Waals surface area contributed by atoms with Crippen molar-refractivity contribution >= 4 is 5.78 Å². The molecule has 5 aliphatic rings. The number of carbonyl (C=O) groups is 1. The molecular formula is C30H48O2. The summed E-state index contributed by atoms with van der Waals surface area (Å²) in [4.78, 5) is 12.8. The lowest BCUT2D eigenvalue weighted by atomic mass is 9.42. The van der Waals surface area contributed by atoms with Crippen LogP contribution in [0.3, 0.4) is 0 Å². The van der Waals surface area contributed by atoms with Gasteiger partial charge in [0.05, 0.1) is 5.60 Å². The number of rotatable bonds is 4. The van der Waals surface area contributed by atoms with Crippen molar-refractivity contribution in [2.45, 2.75) is 118 Å². The number of hydrogen-bond acceptors (Lipinski definition) is 2. The fraction of sp³-hybridized carbons (Fsp3) is 0.900. The molecule has 0 aromatic carbocycles. The molecule has 0 bridgehead atoms. The first-order valence-corrected chi connectivity index (χ1v) is 13.7. The molecular weight excluding hydrogens is 392 g/mol.